The van der Waals surface area contributed by atoms with Crippen LogP contribution in [-0.2, 0) is 0 Å². The number of hydrogen-bond acceptors (Lipinski definition) is 4. The number of nitrogens with zero attached hydrogens (tertiary/aromatic N) is 3. The fraction of sp³-hybridized carbons (Fsp3) is 0.667. The van der Waals surface area contributed by atoms with E-state index in [-0.39, 0.29) is 0 Å². The summed E-state index contributed by atoms with van der Waals surface area (Å²) >= 11 is 3.58. The van der Waals surface area contributed by atoms with Crippen LogP contribution in [-0.4, -0.2) is 30.1 Å². The van der Waals surface area contributed by atoms with E-state index in [1.807, 2.05) is 0 Å². The summed E-state index contributed by atoms with van der Waals surface area (Å²) in [6.07, 6.45) is 2.96. The van der Waals surface area contributed by atoms with Crippen LogP contribution in [0, 0.1) is 11.8 Å². The lowest BCUT2D eigenvalue weighted by atomic mass is 10.3. The predicted molar refractivity (Wildman–Crippen MR) is 74.4 cm³/mol. The molecule has 0 bridgehead atoms. The van der Waals surface area contributed by atoms with Crippen LogP contribution in [0.15, 0.2) is 10.8 Å². The molecule has 1 saturated carbocycles. The Bertz CT molecular complexity index is 396. The van der Waals surface area contributed by atoms with Gasteiger partial charge in [-0.15, -0.1) is 0 Å². The van der Waals surface area contributed by atoms with E-state index in [0.29, 0.717) is 0 Å². The summed E-state index contributed by atoms with van der Waals surface area (Å²) in [7, 11) is 2.09. The lowest BCUT2D eigenvalue weighted by Gasteiger charge is -2.20. The monoisotopic (exact) mass is 298 g/mol. The first-order chi connectivity index (χ1) is 8.13. The third kappa shape index (κ3) is 2.89. The van der Waals surface area contributed by atoms with E-state index in [2.05, 4.69) is 57.0 Å². The van der Waals surface area contributed by atoms with Crippen molar-refractivity contribution in [3.8, 4) is 0 Å². The van der Waals surface area contributed by atoms with Crippen molar-refractivity contribution in [1.29, 1.82) is 0 Å². The van der Waals surface area contributed by atoms with Crippen molar-refractivity contribution in [3.05, 3.63) is 10.8 Å². The van der Waals surface area contributed by atoms with E-state index >= 15 is 0 Å². The molecule has 1 aromatic heterocycles. The molecule has 1 aromatic rings. The molecule has 1 heterocycles. The van der Waals surface area contributed by atoms with E-state index in [9.17, 15) is 0 Å². The zero-order chi connectivity index (χ0) is 12.4. The molecule has 0 saturated heterocycles. The minimum absolute atomic E-state index is 0.824. The second-order valence-electron chi connectivity index (χ2n) is 4.74. The molecule has 2 unspecified atom stereocenters. The van der Waals surface area contributed by atoms with Gasteiger partial charge < -0.3 is 10.2 Å². The molecule has 94 valence electrons. The van der Waals surface area contributed by atoms with Crippen molar-refractivity contribution in [3.63, 3.8) is 0 Å². The predicted octanol–water partition coefficient (Wildman–Crippen LogP) is 2.76. The molecule has 2 rings (SSSR count). The molecule has 5 heteroatoms. The van der Waals surface area contributed by atoms with E-state index in [1.54, 1.807) is 6.33 Å². The highest BCUT2D eigenvalue weighted by Crippen LogP contribution is 2.39. The number of anilines is 2. The maximum atomic E-state index is 4.35. The maximum Gasteiger partial charge on any atom is 0.148 e. The van der Waals surface area contributed by atoms with Gasteiger partial charge in [-0.05, 0) is 41.1 Å². The summed E-state index contributed by atoms with van der Waals surface area (Å²) in [4.78, 5) is 10.8. The maximum absolute atomic E-state index is 4.35. The van der Waals surface area contributed by atoms with Crippen LogP contribution in [0.25, 0.3) is 0 Å². The Labute approximate surface area is 111 Å². The highest BCUT2D eigenvalue weighted by atomic mass is 79.9. The van der Waals surface area contributed by atoms with Gasteiger partial charge in [-0.3, -0.25) is 0 Å². The minimum Gasteiger partial charge on any atom is -0.369 e. The number of aromatic nitrogens is 2. The largest absolute Gasteiger partial charge is 0.369 e. The summed E-state index contributed by atoms with van der Waals surface area (Å²) in [5, 5.41) is 3.22. The zero-order valence-electron chi connectivity index (χ0n) is 10.6. The first kappa shape index (κ1) is 12.6. The average Bonchev–Trinajstić information content (AvgIpc) is 2.97. The van der Waals surface area contributed by atoms with Gasteiger partial charge in [0, 0.05) is 20.1 Å². The quantitative estimate of drug-likeness (QED) is 0.907. The summed E-state index contributed by atoms with van der Waals surface area (Å²) in [6, 6.07) is 0. The Kier molecular flexibility index (Phi) is 3.86. The lowest BCUT2D eigenvalue weighted by molar-refractivity contribution is 0.717. The van der Waals surface area contributed by atoms with Crippen LogP contribution < -0.4 is 10.2 Å². The smallest absolute Gasteiger partial charge is 0.148 e. The summed E-state index contributed by atoms with van der Waals surface area (Å²) in [6.45, 7) is 6.29. The molecule has 4 nitrogen and oxygen atoms in total. The van der Waals surface area contributed by atoms with Crippen molar-refractivity contribution in [2.24, 2.45) is 11.8 Å². The molecule has 17 heavy (non-hydrogen) atoms. The van der Waals surface area contributed by atoms with Gasteiger partial charge in [0.25, 0.3) is 0 Å². The molecule has 0 aliphatic heterocycles. The van der Waals surface area contributed by atoms with Crippen molar-refractivity contribution in [2.75, 3.05) is 30.4 Å². The molecule has 2 atom stereocenters. The molecule has 0 aromatic carbocycles. The summed E-state index contributed by atoms with van der Waals surface area (Å²) in [5.41, 5.74) is 0. The third-order valence-corrected chi connectivity index (χ3v) is 3.99. The van der Waals surface area contributed by atoms with Crippen LogP contribution in [0.2, 0.25) is 0 Å². The second kappa shape index (κ2) is 5.21. The molecule has 1 aliphatic carbocycles. The number of halogens is 1. The molecule has 0 amide bonds. The van der Waals surface area contributed by atoms with Crippen LogP contribution >= 0.6 is 15.9 Å². The fourth-order valence-electron chi connectivity index (χ4n) is 2.01. The highest BCUT2D eigenvalue weighted by Gasteiger charge is 2.33. The summed E-state index contributed by atoms with van der Waals surface area (Å²) < 4.78 is 0.956. The molecule has 0 spiro atoms. The normalized spacial score (nSPS) is 22.4. The molecule has 0 radical (unpaired) electrons. The van der Waals surface area contributed by atoms with Crippen LogP contribution in [0.4, 0.5) is 11.6 Å². The third-order valence-electron chi connectivity index (χ3n) is 3.26. The van der Waals surface area contributed by atoms with Gasteiger partial charge in [0.2, 0.25) is 0 Å². The van der Waals surface area contributed by atoms with Crippen LogP contribution in [0.1, 0.15) is 20.3 Å². The number of rotatable bonds is 5. The Morgan fingerprint density at radius 1 is 1.53 bits per heavy atom. The van der Waals surface area contributed by atoms with Gasteiger partial charge in [0.1, 0.15) is 22.4 Å². The van der Waals surface area contributed by atoms with Gasteiger partial charge in [-0.25, -0.2) is 9.97 Å². The molecular formula is C12H19BrN4. The zero-order valence-corrected chi connectivity index (χ0v) is 12.2. The Morgan fingerprint density at radius 2 is 2.24 bits per heavy atom. The van der Waals surface area contributed by atoms with Crippen molar-refractivity contribution >= 4 is 27.6 Å². The molecule has 1 N–H and O–H groups in total. The number of nitrogens with one attached hydrogen (secondary N) is 1. The molecule has 1 aliphatic rings. The minimum atomic E-state index is 0.824. The van der Waals surface area contributed by atoms with Crippen molar-refractivity contribution in [1.82, 2.24) is 9.97 Å². The van der Waals surface area contributed by atoms with E-state index < -0.39 is 0 Å². The highest BCUT2D eigenvalue weighted by molar-refractivity contribution is 9.10. The van der Waals surface area contributed by atoms with Crippen LogP contribution in [0.3, 0.4) is 0 Å². The molecular weight excluding hydrogens is 280 g/mol. The first-order valence-corrected chi connectivity index (χ1v) is 6.88. The van der Waals surface area contributed by atoms with Crippen molar-refractivity contribution < 1.29 is 0 Å². The second-order valence-corrected chi connectivity index (χ2v) is 5.54. The number of hydrogen-bond donors (Lipinski definition) is 1. The van der Waals surface area contributed by atoms with E-state index in [0.717, 1.165) is 41.0 Å². The van der Waals surface area contributed by atoms with E-state index in [1.165, 1.54) is 6.42 Å². The SMILES string of the molecule is CCNc1ncnc(N(C)CC2CC2C)c1Br. The average molecular weight is 299 g/mol. The standard InChI is InChI=1S/C12H19BrN4/c1-4-14-11-10(13)12(16-7-15-11)17(3)6-9-5-8(9)2/h7-9H,4-6H2,1-3H3,(H,14,15,16). The summed E-state index contributed by atoms with van der Waals surface area (Å²) in [5.74, 6) is 3.53. The first-order valence-electron chi connectivity index (χ1n) is 6.09. The van der Waals surface area contributed by atoms with Gasteiger partial charge in [-0.2, -0.15) is 0 Å². The Balaban J connectivity index is 2.10. The topological polar surface area (TPSA) is 41.1 Å². The molecule has 1 fully saturated rings. The van der Waals surface area contributed by atoms with Gasteiger partial charge in [-0.1, -0.05) is 6.92 Å². The van der Waals surface area contributed by atoms with Gasteiger partial charge in [0.15, 0.2) is 0 Å². The fourth-order valence-corrected chi connectivity index (χ4v) is 2.66. The van der Waals surface area contributed by atoms with Crippen LogP contribution in [0.5, 0.6) is 0 Å². The van der Waals surface area contributed by atoms with Gasteiger partial charge in [0.05, 0.1) is 0 Å². The van der Waals surface area contributed by atoms with E-state index in [4.69, 9.17) is 0 Å². The Hall–Kier alpha value is -0.840. The van der Waals surface area contributed by atoms with Crippen molar-refractivity contribution in [2.45, 2.75) is 20.3 Å². The van der Waals surface area contributed by atoms with Gasteiger partial charge >= 0.3 is 0 Å². The Morgan fingerprint density at radius 3 is 2.82 bits per heavy atom. The lowest BCUT2D eigenvalue weighted by Crippen LogP contribution is -2.22.